The number of aryl methyl sites for hydroxylation is 1. The van der Waals surface area contributed by atoms with E-state index in [0.717, 1.165) is 11.3 Å². The summed E-state index contributed by atoms with van der Waals surface area (Å²) in [6, 6.07) is 11.8. The Hall–Kier alpha value is -1.67. The van der Waals surface area contributed by atoms with Crippen LogP contribution in [0.5, 0.6) is 5.75 Å². The molecule has 106 valence electrons. The van der Waals surface area contributed by atoms with Gasteiger partial charge in [0, 0.05) is 16.3 Å². The second-order valence-corrected chi connectivity index (χ2v) is 5.70. The maximum atomic E-state index is 6.17. The highest BCUT2D eigenvalue weighted by Gasteiger charge is 2.10. The Morgan fingerprint density at radius 2 is 1.95 bits per heavy atom. The summed E-state index contributed by atoms with van der Waals surface area (Å²) >= 11 is 6.17. The molecule has 2 N–H and O–H groups in total. The number of benzene rings is 2. The molecule has 0 radical (unpaired) electrons. The standard InChI is InChI=1S/C17H20ClNO/c1-11(2)13-8-7-12(3)9-17(13)20-10-14-15(18)5-4-6-16(14)19/h4-9,11H,10,19H2,1-3H3. The van der Waals surface area contributed by atoms with Gasteiger partial charge in [-0.15, -0.1) is 0 Å². The molecule has 2 rings (SSSR count). The van der Waals surface area contributed by atoms with Crippen LogP contribution in [0.1, 0.15) is 36.5 Å². The fraction of sp³-hybridized carbons (Fsp3) is 0.294. The first-order valence-electron chi connectivity index (χ1n) is 6.75. The van der Waals surface area contributed by atoms with Gasteiger partial charge in [-0.25, -0.2) is 0 Å². The summed E-state index contributed by atoms with van der Waals surface area (Å²) in [5.41, 5.74) is 9.82. The number of nitrogen functional groups attached to an aromatic ring is 1. The van der Waals surface area contributed by atoms with E-state index in [9.17, 15) is 0 Å². The molecule has 0 atom stereocenters. The first kappa shape index (κ1) is 14.7. The van der Waals surface area contributed by atoms with Gasteiger partial charge in [0.25, 0.3) is 0 Å². The highest BCUT2D eigenvalue weighted by molar-refractivity contribution is 6.31. The van der Waals surface area contributed by atoms with Crippen molar-refractivity contribution in [2.75, 3.05) is 5.73 Å². The van der Waals surface area contributed by atoms with Gasteiger partial charge in [0.2, 0.25) is 0 Å². The van der Waals surface area contributed by atoms with Gasteiger partial charge in [-0.05, 0) is 42.2 Å². The van der Waals surface area contributed by atoms with E-state index in [1.54, 1.807) is 0 Å². The van der Waals surface area contributed by atoms with E-state index in [2.05, 4.69) is 39.0 Å². The van der Waals surface area contributed by atoms with E-state index < -0.39 is 0 Å². The molecular weight excluding hydrogens is 270 g/mol. The van der Waals surface area contributed by atoms with Gasteiger partial charge < -0.3 is 10.5 Å². The summed E-state index contributed by atoms with van der Waals surface area (Å²) < 4.78 is 5.96. The Morgan fingerprint density at radius 3 is 2.60 bits per heavy atom. The molecule has 2 aromatic carbocycles. The molecule has 3 heteroatoms. The van der Waals surface area contributed by atoms with Crippen LogP contribution >= 0.6 is 11.6 Å². The van der Waals surface area contributed by atoms with Gasteiger partial charge in [-0.3, -0.25) is 0 Å². The van der Waals surface area contributed by atoms with Gasteiger partial charge in [0.05, 0.1) is 0 Å². The summed E-state index contributed by atoms with van der Waals surface area (Å²) in [4.78, 5) is 0. The first-order valence-corrected chi connectivity index (χ1v) is 7.13. The summed E-state index contributed by atoms with van der Waals surface area (Å²) in [5.74, 6) is 1.31. The van der Waals surface area contributed by atoms with E-state index in [4.69, 9.17) is 22.1 Å². The van der Waals surface area contributed by atoms with Crippen molar-refractivity contribution in [2.45, 2.75) is 33.3 Å². The Bertz CT molecular complexity index is 588. The zero-order valence-corrected chi connectivity index (χ0v) is 12.9. The van der Waals surface area contributed by atoms with Crippen molar-refractivity contribution in [3.05, 3.63) is 58.1 Å². The van der Waals surface area contributed by atoms with Crippen molar-refractivity contribution in [2.24, 2.45) is 0 Å². The molecule has 0 aliphatic carbocycles. The topological polar surface area (TPSA) is 35.2 Å². The van der Waals surface area contributed by atoms with E-state index in [1.807, 2.05) is 18.2 Å². The third-order valence-corrected chi connectivity index (χ3v) is 3.67. The molecule has 0 saturated heterocycles. The third kappa shape index (κ3) is 3.26. The first-order chi connectivity index (χ1) is 9.49. The second kappa shape index (κ2) is 6.19. The Labute approximate surface area is 125 Å². The zero-order valence-electron chi connectivity index (χ0n) is 12.1. The predicted molar refractivity (Wildman–Crippen MR) is 85.5 cm³/mol. The molecule has 2 nitrogen and oxygen atoms in total. The van der Waals surface area contributed by atoms with E-state index >= 15 is 0 Å². The van der Waals surface area contributed by atoms with E-state index in [-0.39, 0.29) is 0 Å². The number of nitrogens with two attached hydrogens (primary N) is 1. The lowest BCUT2D eigenvalue weighted by atomic mass is 10.0. The maximum Gasteiger partial charge on any atom is 0.123 e. The molecule has 2 aromatic rings. The molecule has 0 amide bonds. The quantitative estimate of drug-likeness (QED) is 0.810. The SMILES string of the molecule is Cc1ccc(C(C)C)c(OCc2c(N)cccc2Cl)c1. The van der Waals surface area contributed by atoms with E-state index in [1.165, 1.54) is 11.1 Å². The normalized spacial score (nSPS) is 10.8. The minimum atomic E-state index is 0.384. The number of rotatable bonds is 4. The van der Waals surface area contributed by atoms with Crippen LogP contribution in [-0.4, -0.2) is 0 Å². The molecule has 0 heterocycles. The maximum absolute atomic E-state index is 6.17. The highest BCUT2D eigenvalue weighted by atomic mass is 35.5. The Balaban J connectivity index is 2.25. The predicted octanol–water partition coefficient (Wildman–Crippen LogP) is 4.93. The molecule has 0 bridgehead atoms. The molecule has 0 aromatic heterocycles. The van der Waals surface area contributed by atoms with Crippen LogP contribution in [0.3, 0.4) is 0 Å². The van der Waals surface area contributed by atoms with Crippen LogP contribution in [0.4, 0.5) is 5.69 Å². The third-order valence-electron chi connectivity index (χ3n) is 3.32. The molecule has 0 saturated carbocycles. The second-order valence-electron chi connectivity index (χ2n) is 5.29. The molecule has 0 aliphatic heterocycles. The smallest absolute Gasteiger partial charge is 0.123 e. The van der Waals surface area contributed by atoms with Crippen molar-refractivity contribution in [1.29, 1.82) is 0 Å². The van der Waals surface area contributed by atoms with Gasteiger partial charge in [0.1, 0.15) is 12.4 Å². The summed E-state index contributed by atoms with van der Waals surface area (Å²) in [7, 11) is 0. The lowest BCUT2D eigenvalue weighted by Crippen LogP contribution is -2.03. The molecule has 0 unspecified atom stereocenters. The van der Waals surface area contributed by atoms with Crippen molar-refractivity contribution >= 4 is 17.3 Å². The van der Waals surface area contributed by atoms with Gasteiger partial charge >= 0.3 is 0 Å². The Morgan fingerprint density at radius 1 is 1.20 bits per heavy atom. The van der Waals surface area contributed by atoms with Crippen LogP contribution in [0.2, 0.25) is 5.02 Å². The molecule has 20 heavy (non-hydrogen) atoms. The van der Waals surface area contributed by atoms with Gasteiger partial charge in [0.15, 0.2) is 0 Å². The molecule has 0 fully saturated rings. The molecule has 0 spiro atoms. The van der Waals surface area contributed by atoms with Crippen LogP contribution in [0, 0.1) is 6.92 Å². The van der Waals surface area contributed by atoms with Crippen LogP contribution < -0.4 is 10.5 Å². The number of hydrogen-bond acceptors (Lipinski definition) is 2. The van der Waals surface area contributed by atoms with Crippen LogP contribution in [0.15, 0.2) is 36.4 Å². The monoisotopic (exact) mass is 289 g/mol. The minimum Gasteiger partial charge on any atom is -0.488 e. The van der Waals surface area contributed by atoms with Gasteiger partial charge in [-0.1, -0.05) is 43.6 Å². The van der Waals surface area contributed by atoms with Gasteiger partial charge in [-0.2, -0.15) is 0 Å². The van der Waals surface area contributed by atoms with Crippen LogP contribution in [-0.2, 0) is 6.61 Å². The van der Waals surface area contributed by atoms with Crippen molar-refractivity contribution in [3.63, 3.8) is 0 Å². The lowest BCUT2D eigenvalue weighted by molar-refractivity contribution is 0.302. The van der Waals surface area contributed by atoms with Crippen molar-refractivity contribution < 1.29 is 4.74 Å². The Kier molecular flexibility index (Phi) is 4.56. The highest BCUT2D eigenvalue weighted by Crippen LogP contribution is 2.30. The molecular formula is C17H20ClNO. The largest absolute Gasteiger partial charge is 0.488 e. The number of hydrogen-bond donors (Lipinski definition) is 1. The van der Waals surface area contributed by atoms with Crippen molar-refractivity contribution in [3.8, 4) is 5.75 Å². The minimum absolute atomic E-state index is 0.384. The fourth-order valence-corrected chi connectivity index (χ4v) is 2.36. The van der Waals surface area contributed by atoms with E-state index in [0.29, 0.717) is 23.2 Å². The summed E-state index contributed by atoms with van der Waals surface area (Å²) in [6.45, 7) is 6.75. The molecule has 0 aliphatic rings. The number of ether oxygens (including phenoxy) is 1. The number of halogens is 1. The van der Waals surface area contributed by atoms with Crippen LogP contribution in [0.25, 0.3) is 0 Å². The lowest BCUT2D eigenvalue weighted by Gasteiger charge is -2.16. The fourth-order valence-electron chi connectivity index (χ4n) is 2.12. The summed E-state index contributed by atoms with van der Waals surface area (Å²) in [6.07, 6.45) is 0. The zero-order chi connectivity index (χ0) is 14.7. The van der Waals surface area contributed by atoms with Crippen molar-refractivity contribution in [1.82, 2.24) is 0 Å². The average molecular weight is 290 g/mol. The number of anilines is 1. The average Bonchev–Trinajstić information content (AvgIpc) is 2.37. The summed E-state index contributed by atoms with van der Waals surface area (Å²) in [5, 5.41) is 0.642.